The van der Waals surface area contributed by atoms with Crippen molar-refractivity contribution in [3.8, 4) is 0 Å². The van der Waals surface area contributed by atoms with Crippen LogP contribution in [-0.4, -0.2) is 25.2 Å². The van der Waals surface area contributed by atoms with Crippen molar-refractivity contribution in [2.45, 2.75) is 38.8 Å². The van der Waals surface area contributed by atoms with Crippen LogP contribution in [0.4, 0.5) is 5.69 Å². The summed E-state index contributed by atoms with van der Waals surface area (Å²) in [6.07, 6.45) is 2.39. The lowest BCUT2D eigenvalue weighted by Gasteiger charge is -2.41. The Morgan fingerprint density at radius 3 is 2.78 bits per heavy atom. The van der Waals surface area contributed by atoms with Gasteiger partial charge in [0.05, 0.1) is 0 Å². The lowest BCUT2D eigenvalue weighted by molar-refractivity contribution is 0.379. The molecule has 100 valence electrons. The van der Waals surface area contributed by atoms with E-state index in [0.29, 0.717) is 12.1 Å². The number of hydrogen-bond acceptors (Lipinski definition) is 2. The molecule has 0 bridgehead atoms. The molecule has 1 heterocycles. The molecule has 2 atom stereocenters. The highest BCUT2D eigenvalue weighted by Crippen LogP contribution is 2.28. The van der Waals surface area contributed by atoms with Crippen LogP contribution < -0.4 is 10.2 Å². The zero-order valence-electron chi connectivity index (χ0n) is 10.9. The van der Waals surface area contributed by atoms with Crippen molar-refractivity contribution < 1.29 is 0 Å². The van der Waals surface area contributed by atoms with E-state index in [1.54, 1.807) is 0 Å². The molecule has 18 heavy (non-hydrogen) atoms. The number of benzene rings is 1. The minimum Gasteiger partial charge on any atom is -0.366 e. The van der Waals surface area contributed by atoms with E-state index in [-0.39, 0.29) is 0 Å². The van der Waals surface area contributed by atoms with Gasteiger partial charge in [0.25, 0.3) is 0 Å². The first-order chi connectivity index (χ1) is 8.65. The zero-order chi connectivity index (χ0) is 13.1. The highest BCUT2D eigenvalue weighted by Gasteiger charge is 2.26. The summed E-state index contributed by atoms with van der Waals surface area (Å²) >= 11 is 5.96. The number of anilines is 1. The summed E-state index contributed by atoms with van der Waals surface area (Å²) in [5.41, 5.74) is 1.36. The Hall–Kier alpha value is 0.190. The van der Waals surface area contributed by atoms with Gasteiger partial charge in [0.15, 0.2) is 0 Å². The summed E-state index contributed by atoms with van der Waals surface area (Å²) in [7, 11) is 0. The van der Waals surface area contributed by atoms with Gasteiger partial charge in [-0.25, -0.2) is 0 Å². The van der Waals surface area contributed by atoms with Crippen molar-refractivity contribution in [3.05, 3.63) is 26.2 Å². The van der Waals surface area contributed by atoms with Crippen LogP contribution in [-0.2, 0) is 0 Å². The van der Waals surface area contributed by atoms with Gasteiger partial charge in [0.1, 0.15) is 0 Å². The first kappa shape index (κ1) is 14.6. The summed E-state index contributed by atoms with van der Waals surface area (Å²) in [5.74, 6) is 0. The van der Waals surface area contributed by atoms with Crippen molar-refractivity contribution >= 4 is 44.2 Å². The molecule has 1 N–H and O–H groups in total. The van der Waals surface area contributed by atoms with E-state index in [1.165, 1.54) is 26.6 Å². The van der Waals surface area contributed by atoms with E-state index in [1.807, 2.05) is 0 Å². The maximum atomic E-state index is 3.64. The molecule has 1 saturated heterocycles. The molecule has 0 aromatic heterocycles. The summed E-state index contributed by atoms with van der Waals surface area (Å²) < 4.78 is 2.47. The lowest BCUT2D eigenvalue weighted by atomic mass is 10.0. The van der Waals surface area contributed by atoms with E-state index in [4.69, 9.17) is 0 Å². The molecule has 0 aliphatic carbocycles. The van der Waals surface area contributed by atoms with Crippen LogP contribution >= 0.6 is 38.5 Å². The Morgan fingerprint density at radius 2 is 2.17 bits per heavy atom. The van der Waals surface area contributed by atoms with E-state index in [0.717, 1.165) is 13.1 Å². The second-order valence-corrected chi connectivity index (χ2v) is 6.84. The fraction of sp³-hybridized carbons (Fsp3) is 0.571. The summed E-state index contributed by atoms with van der Waals surface area (Å²) in [4.78, 5) is 2.57. The van der Waals surface area contributed by atoms with Crippen LogP contribution in [0.15, 0.2) is 22.7 Å². The third-order valence-electron chi connectivity index (χ3n) is 3.70. The van der Waals surface area contributed by atoms with Crippen LogP contribution in [0.2, 0.25) is 0 Å². The second kappa shape index (κ2) is 6.57. The summed E-state index contributed by atoms with van der Waals surface area (Å²) in [6.45, 7) is 6.75. The minimum atomic E-state index is 0.616. The first-order valence-corrected chi connectivity index (χ1v) is 8.48. The van der Waals surface area contributed by atoms with Crippen molar-refractivity contribution in [1.29, 1.82) is 0 Å². The number of rotatable bonds is 3. The first-order valence-electron chi connectivity index (χ1n) is 6.60. The molecule has 0 spiro atoms. The van der Waals surface area contributed by atoms with E-state index >= 15 is 0 Å². The quantitative estimate of drug-likeness (QED) is 0.740. The van der Waals surface area contributed by atoms with Gasteiger partial charge in [0.2, 0.25) is 0 Å². The third-order valence-corrected chi connectivity index (χ3v) is 6.02. The molecule has 0 radical (unpaired) electrons. The summed E-state index contributed by atoms with van der Waals surface area (Å²) in [6, 6.07) is 7.91. The maximum absolute atomic E-state index is 3.64. The average molecular weight is 423 g/mol. The van der Waals surface area contributed by atoms with Gasteiger partial charge < -0.3 is 10.2 Å². The fourth-order valence-electron chi connectivity index (χ4n) is 2.48. The van der Waals surface area contributed by atoms with Gasteiger partial charge in [-0.15, -0.1) is 0 Å². The van der Waals surface area contributed by atoms with Crippen LogP contribution in [0, 0.1) is 3.57 Å². The van der Waals surface area contributed by atoms with Crippen molar-refractivity contribution in [2.24, 2.45) is 0 Å². The number of halogens is 2. The number of nitrogens with zero attached hydrogens (tertiary/aromatic N) is 1. The second-order valence-electron chi connectivity index (χ2n) is 4.83. The Kier molecular flexibility index (Phi) is 5.33. The normalized spacial score (nSPS) is 24.3. The average Bonchev–Trinajstić information content (AvgIpc) is 2.41. The topological polar surface area (TPSA) is 15.3 Å². The molecule has 1 fully saturated rings. The van der Waals surface area contributed by atoms with Crippen LogP contribution in [0.5, 0.6) is 0 Å². The molecule has 1 aromatic carbocycles. The van der Waals surface area contributed by atoms with Gasteiger partial charge in [-0.1, -0.05) is 13.8 Å². The number of hydrogen-bond donors (Lipinski definition) is 1. The van der Waals surface area contributed by atoms with Crippen LogP contribution in [0.1, 0.15) is 26.7 Å². The standard InChI is InChI=1S/C14H20BrIN2/c1-3-10-9-18(11(4-2)8-17-10)12-5-6-13(15)14(16)7-12/h5-7,10-11,17H,3-4,8-9H2,1-2H3. The van der Waals surface area contributed by atoms with Crippen molar-refractivity contribution in [3.63, 3.8) is 0 Å². The largest absolute Gasteiger partial charge is 0.366 e. The van der Waals surface area contributed by atoms with Gasteiger partial charge in [-0.2, -0.15) is 0 Å². The molecule has 4 heteroatoms. The van der Waals surface area contributed by atoms with Crippen molar-refractivity contribution in [1.82, 2.24) is 5.32 Å². The molecular weight excluding hydrogens is 403 g/mol. The molecule has 2 nitrogen and oxygen atoms in total. The monoisotopic (exact) mass is 422 g/mol. The smallest absolute Gasteiger partial charge is 0.0412 e. The highest BCUT2D eigenvalue weighted by molar-refractivity contribution is 14.1. The number of nitrogens with one attached hydrogen (secondary N) is 1. The Morgan fingerprint density at radius 1 is 1.39 bits per heavy atom. The predicted molar refractivity (Wildman–Crippen MR) is 90.4 cm³/mol. The molecule has 0 saturated carbocycles. The molecule has 1 aliphatic rings. The molecule has 0 amide bonds. The maximum Gasteiger partial charge on any atom is 0.0412 e. The van der Waals surface area contributed by atoms with Crippen LogP contribution in [0.25, 0.3) is 0 Å². The molecule has 2 rings (SSSR count). The Balaban J connectivity index is 2.23. The Bertz CT molecular complexity index is 411. The van der Waals surface area contributed by atoms with E-state index in [9.17, 15) is 0 Å². The van der Waals surface area contributed by atoms with E-state index < -0.39 is 0 Å². The van der Waals surface area contributed by atoms with Gasteiger partial charge in [-0.3, -0.25) is 0 Å². The highest BCUT2D eigenvalue weighted by atomic mass is 127. The minimum absolute atomic E-state index is 0.616. The summed E-state index contributed by atoms with van der Waals surface area (Å²) in [5, 5.41) is 3.64. The SMILES string of the molecule is CCC1CN(c2ccc(Br)c(I)c2)C(CC)CN1. The van der Waals surface area contributed by atoms with Crippen molar-refractivity contribution in [2.75, 3.05) is 18.0 Å². The van der Waals surface area contributed by atoms with Gasteiger partial charge in [0, 0.05) is 38.9 Å². The predicted octanol–water partition coefficient (Wildman–Crippen LogP) is 4.02. The Labute approximate surface area is 132 Å². The molecule has 1 aliphatic heterocycles. The third kappa shape index (κ3) is 3.20. The van der Waals surface area contributed by atoms with Gasteiger partial charge >= 0.3 is 0 Å². The number of piperazine rings is 1. The van der Waals surface area contributed by atoms with E-state index in [2.05, 4.69) is 80.8 Å². The zero-order valence-corrected chi connectivity index (χ0v) is 14.7. The fourth-order valence-corrected chi connectivity index (χ4v) is 3.23. The molecule has 2 unspecified atom stereocenters. The van der Waals surface area contributed by atoms with Crippen LogP contribution in [0.3, 0.4) is 0 Å². The molecule has 1 aromatic rings. The van der Waals surface area contributed by atoms with Gasteiger partial charge in [-0.05, 0) is 69.6 Å². The lowest BCUT2D eigenvalue weighted by Crippen LogP contribution is -2.56. The molecular formula is C14H20BrIN2.